The molecule has 12 heavy (non-hydrogen) atoms. The first kappa shape index (κ1) is 10.3. The Bertz CT molecular complexity index is 148. The normalized spacial score (nSPS) is 39.2. The van der Waals surface area contributed by atoms with Crippen molar-refractivity contribution >= 4 is 58.8 Å². The van der Waals surface area contributed by atoms with Gasteiger partial charge in [0, 0.05) is 10.8 Å². The second-order valence-corrected chi connectivity index (χ2v) is 11.0. The lowest BCUT2D eigenvalue weighted by Gasteiger charge is -2.49. The van der Waals surface area contributed by atoms with Gasteiger partial charge in [0.2, 0.25) is 0 Å². The van der Waals surface area contributed by atoms with Gasteiger partial charge in [0.15, 0.2) is 0 Å². The van der Waals surface area contributed by atoms with Crippen molar-refractivity contribution in [3.8, 4) is 0 Å². The Hall–Kier alpha value is 1.75. The van der Waals surface area contributed by atoms with Crippen LogP contribution in [-0.4, -0.2) is 23.9 Å². The van der Waals surface area contributed by atoms with Crippen LogP contribution in [0.4, 0.5) is 0 Å². The van der Waals surface area contributed by atoms with Crippen LogP contribution in [0.3, 0.4) is 0 Å². The Morgan fingerprint density at radius 3 is 2.92 bits per heavy atom. The highest BCUT2D eigenvalue weighted by Crippen LogP contribution is 2.71. The zero-order valence-corrected chi connectivity index (χ0v) is 11.0. The Morgan fingerprint density at radius 1 is 1.50 bits per heavy atom. The highest BCUT2D eigenvalue weighted by Gasteiger charge is 2.50. The molecule has 0 aromatic heterocycles. The minimum atomic E-state index is 0.565. The predicted molar refractivity (Wildman–Crippen MR) is 69.4 cm³/mol. The van der Waals surface area contributed by atoms with Crippen LogP contribution < -0.4 is 0 Å². The molecule has 3 rings (SSSR count). The first-order valence-corrected chi connectivity index (χ1v) is 8.98. The van der Waals surface area contributed by atoms with Crippen molar-refractivity contribution in [3.05, 3.63) is 0 Å². The lowest BCUT2D eigenvalue weighted by molar-refractivity contribution is 1.10. The van der Waals surface area contributed by atoms with Gasteiger partial charge in [-0.3, -0.25) is 0 Å². The molecule has 0 N–H and O–H groups in total. The summed E-state index contributed by atoms with van der Waals surface area (Å²) < 4.78 is 1.43. The fourth-order valence-corrected chi connectivity index (χ4v) is 12.3. The van der Waals surface area contributed by atoms with Crippen molar-refractivity contribution in [3.63, 3.8) is 0 Å². The molecule has 3 fully saturated rings. The molecule has 5 heteroatoms. The molecule has 0 aliphatic carbocycles. The molecule has 3 saturated heterocycles. The van der Waals surface area contributed by atoms with Gasteiger partial charge in [-0.25, -0.2) is 0 Å². The molecule has 0 amide bonds. The molecular formula is C7H12S5. The molecule has 70 valence electrons. The molecule has 0 nitrogen and oxygen atoms in total. The number of rotatable bonds is 4. The van der Waals surface area contributed by atoms with E-state index in [1.54, 1.807) is 0 Å². The summed E-state index contributed by atoms with van der Waals surface area (Å²) in [6, 6.07) is 0. The average molecular weight is 257 g/mol. The van der Waals surface area contributed by atoms with Crippen molar-refractivity contribution in [2.24, 2.45) is 0 Å². The van der Waals surface area contributed by atoms with Crippen LogP contribution >= 0.6 is 58.8 Å². The van der Waals surface area contributed by atoms with Crippen LogP contribution in [0.25, 0.3) is 0 Å². The van der Waals surface area contributed by atoms with Crippen molar-refractivity contribution in [1.29, 1.82) is 0 Å². The molecule has 0 unspecified atom stereocenters. The van der Waals surface area contributed by atoms with Gasteiger partial charge in [-0.1, -0.05) is 6.92 Å². The third kappa shape index (κ3) is 2.22. The quantitative estimate of drug-likeness (QED) is 0.696. The van der Waals surface area contributed by atoms with Gasteiger partial charge in [0.1, 0.15) is 7.33 Å². The van der Waals surface area contributed by atoms with Crippen molar-refractivity contribution in [1.82, 2.24) is 0 Å². The molecule has 3 aliphatic heterocycles. The minimum absolute atomic E-state index is 0.565. The second kappa shape index (κ2) is 4.51. The summed E-state index contributed by atoms with van der Waals surface area (Å²) in [5.41, 5.74) is 0. The number of hydrogen-bond acceptors (Lipinski definition) is 5. The molecular weight excluding hydrogens is 244 g/mol. The molecule has 0 aromatic carbocycles. The van der Waals surface area contributed by atoms with E-state index in [0.717, 1.165) is 3.91 Å². The standard InChI is InChI=1S/C7H12S5/c1-2-3-8-4-7-10-5-9-6(11-7)12-7/h6H,2-5H2,1H3. The molecule has 0 aromatic rings. The largest absolute Gasteiger partial charge is 0.159 e. The monoisotopic (exact) mass is 256 g/mol. The maximum absolute atomic E-state index is 2.26. The molecule has 0 spiro atoms. The van der Waals surface area contributed by atoms with E-state index in [1.807, 2.05) is 0 Å². The van der Waals surface area contributed by atoms with E-state index in [0.29, 0.717) is 3.41 Å². The summed E-state index contributed by atoms with van der Waals surface area (Å²) >= 11 is 10.7. The van der Waals surface area contributed by atoms with Gasteiger partial charge in [0.25, 0.3) is 0 Å². The lowest BCUT2D eigenvalue weighted by atomic mass is 10.6. The summed E-state index contributed by atoms with van der Waals surface area (Å²) in [7, 11) is 0. The fourth-order valence-electron chi connectivity index (χ4n) is 1.07. The Labute approximate surface area is 95.5 Å². The molecule has 0 atom stereocenters. The molecule has 0 radical (unpaired) electrons. The summed E-state index contributed by atoms with van der Waals surface area (Å²) in [4.78, 5) is 0. The maximum atomic E-state index is 2.26. The van der Waals surface area contributed by atoms with Gasteiger partial charge in [-0.05, 0) is 12.2 Å². The van der Waals surface area contributed by atoms with Gasteiger partial charge in [-0.15, -0.1) is 47.0 Å². The third-order valence-corrected chi connectivity index (χ3v) is 10.6. The topological polar surface area (TPSA) is 0 Å². The van der Waals surface area contributed by atoms with E-state index >= 15 is 0 Å². The first-order valence-electron chi connectivity index (χ1n) is 4.03. The maximum Gasteiger partial charge on any atom is 0.120 e. The Balaban J connectivity index is 1.72. The van der Waals surface area contributed by atoms with Crippen LogP contribution in [0.15, 0.2) is 0 Å². The fraction of sp³-hybridized carbons (Fsp3) is 1.00. The van der Waals surface area contributed by atoms with Gasteiger partial charge in [0.05, 0.1) is 0 Å². The van der Waals surface area contributed by atoms with E-state index in [9.17, 15) is 0 Å². The number of fused-ring (bicyclic) bond motifs is 2. The molecule has 0 saturated carbocycles. The van der Waals surface area contributed by atoms with E-state index < -0.39 is 0 Å². The van der Waals surface area contributed by atoms with E-state index in [1.165, 1.54) is 23.0 Å². The number of hydrogen-bond donors (Lipinski definition) is 0. The summed E-state index contributed by atoms with van der Waals surface area (Å²) in [6.07, 6.45) is 1.32. The van der Waals surface area contributed by atoms with Gasteiger partial charge >= 0.3 is 0 Å². The Morgan fingerprint density at radius 2 is 2.33 bits per heavy atom. The number of thioether (sulfide) groups is 5. The molecule has 2 bridgehead atoms. The SMILES string of the molecule is CCCSCC12SCSC(S1)S2. The van der Waals surface area contributed by atoms with E-state index in [4.69, 9.17) is 0 Å². The van der Waals surface area contributed by atoms with Crippen LogP contribution in [0.2, 0.25) is 0 Å². The van der Waals surface area contributed by atoms with E-state index in [-0.39, 0.29) is 0 Å². The summed E-state index contributed by atoms with van der Waals surface area (Å²) in [5.74, 6) is 2.68. The van der Waals surface area contributed by atoms with Crippen LogP contribution in [0.5, 0.6) is 0 Å². The van der Waals surface area contributed by atoms with Crippen molar-refractivity contribution in [2.75, 3.05) is 16.6 Å². The predicted octanol–water partition coefficient (Wildman–Crippen LogP) is 3.98. The molecule has 3 heterocycles. The zero-order valence-electron chi connectivity index (χ0n) is 6.95. The third-order valence-electron chi connectivity index (χ3n) is 1.66. The smallest absolute Gasteiger partial charge is 0.120 e. The second-order valence-electron chi connectivity index (χ2n) is 2.69. The van der Waals surface area contributed by atoms with Crippen LogP contribution in [-0.2, 0) is 0 Å². The van der Waals surface area contributed by atoms with Crippen LogP contribution in [0, 0.1) is 0 Å². The first-order chi connectivity index (χ1) is 5.85. The average Bonchev–Trinajstić information content (AvgIpc) is 2.04. The minimum Gasteiger partial charge on any atom is -0.159 e. The van der Waals surface area contributed by atoms with Gasteiger partial charge < -0.3 is 0 Å². The Kier molecular flexibility index (Phi) is 3.86. The summed E-state index contributed by atoms with van der Waals surface area (Å²) in [5, 5.41) is 1.32. The van der Waals surface area contributed by atoms with Crippen LogP contribution in [0.1, 0.15) is 13.3 Å². The van der Waals surface area contributed by atoms with Crippen molar-refractivity contribution < 1.29 is 0 Å². The molecule has 3 aliphatic rings. The van der Waals surface area contributed by atoms with E-state index in [2.05, 4.69) is 65.7 Å². The highest BCUT2D eigenvalue weighted by molar-refractivity contribution is 8.57. The zero-order chi connectivity index (χ0) is 8.44. The lowest BCUT2D eigenvalue weighted by Crippen LogP contribution is -2.36. The van der Waals surface area contributed by atoms with Crippen molar-refractivity contribution in [2.45, 2.75) is 20.7 Å². The highest BCUT2D eigenvalue weighted by atomic mass is 32.3. The summed E-state index contributed by atoms with van der Waals surface area (Å²) in [6.45, 7) is 2.26. The van der Waals surface area contributed by atoms with Gasteiger partial charge in [-0.2, -0.15) is 11.8 Å².